The van der Waals surface area contributed by atoms with Gasteiger partial charge in [0.15, 0.2) is 0 Å². The maximum Gasteiger partial charge on any atom is 0.257 e. The van der Waals surface area contributed by atoms with Crippen LogP contribution in [0.15, 0.2) is 12.4 Å². The van der Waals surface area contributed by atoms with Gasteiger partial charge in [0.2, 0.25) is 0 Å². The van der Waals surface area contributed by atoms with E-state index >= 15 is 0 Å². The molecule has 1 aliphatic carbocycles. The summed E-state index contributed by atoms with van der Waals surface area (Å²) in [6.45, 7) is 5.48. The van der Waals surface area contributed by atoms with Crippen molar-refractivity contribution >= 4 is 5.91 Å². The average molecular weight is 353 g/mol. The lowest BCUT2D eigenvalue weighted by Gasteiger charge is -2.22. The molecular formula is C20H27N5O. The number of hydrogen-bond donors (Lipinski definition) is 1. The first-order valence-corrected chi connectivity index (χ1v) is 9.78. The molecule has 0 unspecified atom stereocenters. The molecule has 2 aromatic rings. The van der Waals surface area contributed by atoms with Crippen LogP contribution in [0.5, 0.6) is 0 Å². The van der Waals surface area contributed by atoms with Crippen molar-refractivity contribution in [3.05, 3.63) is 40.7 Å². The molecule has 0 aromatic carbocycles. The van der Waals surface area contributed by atoms with Gasteiger partial charge in [-0.15, -0.1) is 0 Å². The molecule has 0 atom stereocenters. The number of aromatic nitrogens is 4. The van der Waals surface area contributed by atoms with Crippen molar-refractivity contribution in [1.29, 1.82) is 0 Å². The maximum absolute atomic E-state index is 13.1. The highest BCUT2D eigenvalue weighted by atomic mass is 16.2. The first-order valence-electron chi connectivity index (χ1n) is 9.78. The van der Waals surface area contributed by atoms with Crippen molar-refractivity contribution < 1.29 is 4.79 Å². The van der Waals surface area contributed by atoms with E-state index in [-0.39, 0.29) is 5.91 Å². The summed E-state index contributed by atoms with van der Waals surface area (Å²) in [6.07, 6.45) is 10.5. The molecule has 0 bridgehead atoms. The van der Waals surface area contributed by atoms with E-state index in [2.05, 4.69) is 29.0 Å². The van der Waals surface area contributed by atoms with Crippen LogP contribution in [0.2, 0.25) is 0 Å². The summed E-state index contributed by atoms with van der Waals surface area (Å²) >= 11 is 0. The molecule has 4 rings (SSSR count). The Hall–Kier alpha value is -2.24. The van der Waals surface area contributed by atoms with Crippen molar-refractivity contribution in [2.45, 2.75) is 71.4 Å². The second-order valence-electron chi connectivity index (χ2n) is 8.05. The van der Waals surface area contributed by atoms with Gasteiger partial charge < -0.3 is 4.90 Å². The number of aromatic amines is 1. The molecule has 3 heterocycles. The highest BCUT2D eigenvalue weighted by Gasteiger charge is 2.30. The Labute approximate surface area is 154 Å². The molecule has 0 radical (unpaired) electrons. The standard InChI is InChI=1S/C20H27N5O/c1-13(2)8-18-21-9-15-11-25(12-17(15)23-18)20(26)16-10-22-24-19(16)14-6-4-3-5-7-14/h9-10,13-14H,3-8,11-12H2,1-2H3,(H,22,24). The molecular weight excluding hydrogens is 326 g/mol. The summed E-state index contributed by atoms with van der Waals surface area (Å²) in [5, 5.41) is 7.29. The summed E-state index contributed by atoms with van der Waals surface area (Å²) in [4.78, 5) is 24.2. The molecule has 1 aliphatic heterocycles. The first-order chi connectivity index (χ1) is 12.6. The van der Waals surface area contributed by atoms with Gasteiger partial charge in [0.05, 0.1) is 29.7 Å². The molecule has 1 N–H and O–H groups in total. The van der Waals surface area contributed by atoms with E-state index in [4.69, 9.17) is 4.98 Å². The van der Waals surface area contributed by atoms with Gasteiger partial charge in [0.25, 0.3) is 5.91 Å². The Balaban J connectivity index is 1.50. The fraction of sp³-hybridized carbons (Fsp3) is 0.600. The lowest BCUT2D eigenvalue weighted by Crippen LogP contribution is -2.26. The monoisotopic (exact) mass is 353 g/mol. The fourth-order valence-corrected chi connectivity index (χ4v) is 4.14. The molecule has 26 heavy (non-hydrogen) atoms. The lowest BCUT2D eigenvalue weighted by molar-refractivity contribution is 0.0748. The van der Waals surface area contributed by atoms with E-state index in [1.54, 1.807) is 6.20 Å². The number of rotatable bonds is 4. The highest BCUT2D eigenvalue weighted by Crippen LogP contribution is 2.34. The maximum atomic E-state index is 13.1. The van der Waals surface area contributed by atoms with Gasteiger partial charge >= 0.3 is 0 Å². The number of hydrogen-bond acceptors (Lipinski definition) is 4. The van der Waals surface area contributed by atoms with Gasteiger partial charge in [-0.2, -0.15) is 5.10 Å². The number of H-pyrrole nitrogens is 1. The van der Waals surface area contributed by atoms with Crippen LogP contribution in [-0.4, -0.2) is 31.0 Å². The topological polar surface area (TPSA) is 74.8 Å². The number of carbonyl (C=O) groups is 1. The van der Waals surface area contributed by atoms with E-state index in [0.717, 1.165) is 47.6 Å². The quantitative estimate of drug-likeness (QED) is 0.911. The molecule has 2 aliphatic rings. The van der Waals surface area contributed by atoms with Gasteiger partial charge in [-0.05, 0) is 18.8 Å². The van der Waals surface area contributed by atoms with E-state index in [0.29, 0.717) is 24.9 Å². The minimum absolute atomic E-state index is 0.0581. The van der Waals surface area contributed by atoms with Crippen LogP contribution in [0.25, 0.3) is 0 Å². The number of nitrogens with zero attached hydrogens (tertiary/aromatic N) is 4. The molecule has 0 saturated heterocycles. The van der Waals surface area contributed by atoms with Gasteiger partial charge in [-0.3, -0.25) is 9.89 Å². The minimum Gasteiger partial charge on any atom is -0.328 e. The van der Waals surface area contributed by atoms with Gasteiger partial charge in [0.1, 0.15) is 5.82 Å². The van der Waals surface area contributed by atoms with Crippen molar-refractivity contribution in [2.24, 2.45) is 5.92 Å². The molecule has 1 fully saturated rings. The number of nitrogens with one attached hydrogen (secondary N) is 1. The zero-order valence-electron chi connectivity index (χ0n) is 15.7. The minimum atomic E-state index is 0.0581. The summed E-state index contributed by atoms with van der Waals surface area (Å²) in [7, 11) is 0. The second kappa shape index (κ2) is 7.17. The molecule has 6 nitrogen and oxygen atoms in total. The molecule has 2 aromatic heterocycles. The van der Waals surface area contributed by atoms with E-state index in [9.17, 15) is 4.79 Å². The van der Waals surface area contributed by atoms with Crippen molar-refractivity contribution in [3.8, 4) is 0 Å². The molecule has 0 spiro atoms. The second-order valence-corrected chi connectivity index (χ2v) is 8.05. The van der Waals surface area contributed by atoms with Crippen molar-refractivity contribution in [2.75, 3.05) is 0 Å². The number of amides is 1. The van der Waals surface area contributed by atoms with Crippen LogP contribution >= 0.6 is 0 Å². The fourth-order valence-electron chi connectivity index (χ4n) is 4.14. The molecule has 6 heteroatoms. The molecule has 1 saturated carbocycles. The molecule has 1 amide bonds. The summed E-state index contributed by atoms with van der Waals surface area (Å²) < 4.78 is 0. The Kier molecular flexibility index (Phi) is 4.74. The Morgan fingerprint density at radius 3 is 2.81 bits per heavy atom. The average Bonchev–Trinajstić information content (AvgIpc) is 3.28. The predicted molar refractivity (Wildman–Crippen MR) is 98.6 cm³/mol. The van der Waals surface area contributed by atoms with Gasteiger partial charge in [-0.25, -0.2) is 9.97 Å². The smallest absolute Gasteiger partial charge is 0.257 e. The van der Waals surface area contributed by atoms with Gasteiger partial charge in [-0.1, -0.05) is 33.1 Å². The Morgan fingerprint density at radius 1 is 1.23 bits per heavy atom. The molecule has 138 valence electrons. The Bertz CT molecular complexity index is 791. The van der Waals surface area contributed by atoms with Crippen LogP contribution in [-0.2, 0) is 19.5 Å². The third-order valence-electron chi connectivity index (χ3n) is 5.50. The number of fused-ring (bicyclic) bond motifs is 1. The van der Waals surface area contributed by atoms with Crippen LogP contribution in [0.4, 0.5) is 0 Å². The number of carbonyl (C=O) groups excluding carboxylic acids is 1. The predicted octanol–water partition coefficient (Wildman–Crippen LogP) is 3.60. The third-order valence-corrected chi connectivity index (χ3v) is 5.50. The van der Waals surface area contributed by atoms with Gasteiger partial charge in [0, 0.05) is 30.6 Å². The zero-order valence-corrected chi connectivity index (χ0v) is 15.7. The summed E-state index contributed by atoms with van der Waals surface area (Å²) in [5.41, 5.74) is 3.82. The van der Waals surface area contributed by atoms with Crippen molar-refractivity contribution in [3.63, 3.8) is 0 Å². The summed E-state index contributed by atoms with van der Waals surface area (Å²) in [5.74, 6) is 1.89. The van der Waals surface area contributed by atoms with Crippen LogP contribution in [0, 0.1) is 5.92 Å². The van der Waals surface area contributed by atoms with Crippen LogP contribution < -0.4 is 0 Å². The van der Waals surface area contributed by atoms with Crippen LogP contribution in [0.1, 0.15) is 85.0 Å². The van der Waals surface area contributed by atoms with E-state index < -0.39 is 0 Å². The van der Waals surface area contributed by atoms with E-state index in [1.165, 1.54) is 19.3 Å². The normalized spacial score (nSPS) is 17.7. The largest absolute Gasteiger partial charge is 0.328 e. The van der Waals surface area contributed by atoms with Crippen molar-refractivity contribution in [1.82, 2.24) is 25.1 Å². The first kappa shape index (κ1) is 17.2. The highest BCUT2D eigenvalue weighted by molar-refractivity contribution is 5.95. The third kappa shape index (κ3) is 3.37. The van der Waals surface area contributed by atoms with Crippen LogP contribution in [0.3, 0.4) is 0 Å². The Morgan fingerprint density at radius 2 is 2.04 bits per heavy atom. The zero-order chi connectivity index (χ0) is 18.1. The lowest BCUT2D eigenvalue weighted by atomic mass is 9.85. The SMILES string of the molecule is CC(C)Cc1ncc2c(n1)CN(C(=O)c1cn[nH]c1C1CCCCC1)C2. The van der Waals surface area contributed by atoms with E-state index in [1.807, 2.05) is 11.1 Å². The summed E-state index contributed by atoms with van der Waals surface area (Å²) in [6, 6.07) is 0.